The molecule has 90 valence electrons. The fraction of sp³-hybridized carbons (Fsp3) is 0.857. The Bertz CT molecular complexity index is 200. The number of nitrogens with one attached hydrogen (secondary N) is 1. The second-order valence-electron chi connectivity index (χ2n) is 2.49. The van der Waals surface area contributed by atoms with E-state index in [1.165, 1.54) is 7.11 Å². The van der Waals surface area contributed by atoms with Crippen LogP contribution in [-0.2, 0) is 14.3 Å². The van der Waals surface area contributed by atoms with Gasteiger partial charge in [-0.15, -0.1) is 24.8 Å². The fourth-order valence-electron chi connectivity index (χ4n) is 0.679. The first kappa shape index (κ1) is 14.5. The molecule has 0 bridgehead atoms. The van der Waals surface area contributed by atoms with E-state index in [1.807, 2.05) is 0 Å². The Morgan fingerprint density at radius 3 is 2.60 bits per heavy atom. The lowest BCUT2D eigenvalue weighted by atomic mass is 10.4. The Morgan fingerprint density at radius 1 is 1.53 bits per heavy atom. The molecule has 1 unspecified atom stereocenters. The molecule has 1 N–H and O–H groups in total. The summed E-state index contributed by atoms with van der Waals surface area (Å²) in [6.07, 6.45) is -4.63. The molecule has 8 heteroatoms. The van der Waals surface area contributed by atoms with E-state index in [-0.39, 0.29) is 13.1 Å². The van der Waals surface area contributed by atoms with Crippen molar-refractivity contribution in [1.82, 2.24) is 5.32 Å². The summed E-state index contributed by atoms with van der Waals surface area (Å²) < 4.78 is 42.2. The third kappa shape index (κ3) is 8.46. The van der Waals surface area contributed by atoms with Crippen LogP contribution in [0.5, 0.6) is 0 Å². The van der Waals surface area contributed by atoms with Crippen LogP contribution in [0.4, 0.5) is 13.2 Å². The van der Waals surface area contributed by atoms with E-state index in [0.717, 1.165) is 0 Å². The zero-order valence-corrected chi connectivity index (χ0v) is 8.69. The number of halogens is 4. The van der Waals surface area contributed by atoms with Crippen molar-refractivity contribution in [2.75, 3.05) is 26.8 Å². The summed E-state index contributed by atoms with van der Waals surface area (Å²) >= 11 is 5.50. The zero-order chi connectivity index (χ0) is 11.9. The van der Waals surface area contributed by atoms with Gasteiger partial charge in [-0.1, -0.05) is 0 Å². The van der Waals surface area contributed by atoms with E-state index >= 15 is 0 Å². The molecule has 1 atom stereocenters. The van der Waals surface area contributed by atoms with Gasteiger partial charge in [-0.05, 0) is 0 Å². The Hall–Kier alpha value is -0.530. The van der Waals surface area contributed by atoms with E-state index in [1.54, 1.807) is 0 Å². The normalized spacial score (nSPS) is 13.7. The Kier molecular flexibility index (Phi) is 6.62. The van der Waals surface area contributed by atoms with Crippen molar-refractivity contribution in [2.24, 2.45) is 0 Å². The Balaban J connectivity index is 3.43. The van der Waals surface area contributed by atoms with Crippen LogP contribution in [-0.4, -0.2) is 44.5 Å². The van der Waals surface area contributed by atoms with Gasteiger partial charge in [0.1, 0.15) is 5.38 Å². The highest BCUT2D eigenvalue weighted by Gasteiger charge is 2.28. The van der Waals surface area contributed by atoms with Gasteiger partial charge in [0.25, 0.3) is 0 Å². The first-order valence-corrected chi connectivity index (χ1v) is 4.43. The highest BCUT2D eigenvalue weighted by atomic mass is 35.5. The number of carbonyl (C=O) groups is 1. The van der Waals surface area contributed by atoms with Crippen LogP contribution >= 0.6 is 11.6 Å². The average Bonchev–Trinajstić information content (AvgIpc) is 2.14. The standard InChI is InChI=1S/C7H11ClF3NO3/c1-14-6(13)5(8)4-12-2-3-15-7(9,10)11/h5,12H,2-4H2,1H3. The average molecular weight is 250 g/mol. The summed E-state index contributed by atoms with van der Waals surface area (Å²) in [5, 5.41) is 1.60. The minimum Gasteiger partial charge on any atom is -0.468 e. The second kappa shape index (κ2) is 6.86. The second-order valence-corrected chi connectivity index (χ2v) is 3.02. The molecule has 0 rings (SSSR count). The van der Waals surface area contributed by atoms with Gasteiger partial charge in [-0.2, -0.15) is 0 Å². The van der Waals surface area contributed by atoms with Gasteiger partial charge < -0.3 is 10.1 Å². The van der Waals surface area contributed by atoms with Crippen LogP contribution in [0.1, 0.15) is 0 Å². The minimum absolute atomic E-state index is 0.0233. The highest BCUT2D eigenvalue weighted by molar-refractivity contribution is 6.30. The van der Waals surface area contributed by atoms with Gasteiger partial charge in [-0.3, -0.25) is 9.53 Å². The van der Waals surface area contributed by atoms with Crippen LogP contribution < -0.4 is 5.32 Å². The topological polar surface area (TPSA) is 47.6 Å². The predicted octanol–water partition coefficient (Wildman–Crippen LogP) is 0.893. The first-order valence-electron chi connectivity index (χ1n) is 4.00. The lowest BCUT2D eigenvalue weighted by Gasteiger charge is -2.10. The Morgan fingerprint density at radius 2 is 2.13 bits per heavy atom. The number of esters is 1. The largest absolute Gasteiger partial charge is 0.522 e. The number of hydrogen-bond donors (Lipinski definition) is 1. The Labute approximate surface area is 89.7 Å². The molecular formula is C7H11ClF3NO3. The van der Waals surface area contributed by atoms with Gasteiger partial charge in [0.2, 0.25) is 0 Å². The van der Waals surface area contributed by atoms with Gasteiger partial charge in [0, 0.05) is 13.1 Å². The maximum atomic E-state index is 11.5. The maximum absolute atomic E-state index is 11.5. The monoisotopic (exact) mass is 249 g/mol. The third-order valence-electron chi connectivity index (χ3n) is 1.33. The molecule has 0 saturated carbocycles. The van der Waals surface area contributed by atoms with Crippen LogP contribution in [0.25, 0.3) is 0 Å². The summed E-state index contributed by atoms with van der Waals surface area (Å²) in [4.78, 5) is 10.7. The van der Waals surface area contributed by atoms with Gasteiger partial charge in [-0.25, -0.2) is 0 Å². The number of carbonyl (C=O) groups excluding carboxylic acids is 1. The lowest BCUT2D eigenvalue weighted by molar-refractivity contribution is -0.323. The molecule has 0 aliphatic carbocycles. The van der Waals surface area contributed by atoms with Crippen LogP contribution in [0.2, 0.25) is 0 Å². The number of rotatable bonds is 6. The minimum atomic E-state index is -4.63. The van der Waals surface area contributed by atoms with Crippen molar-refractivity contribution in [3.63, 3.8) is 0 Å². The fourth-order valence-corrected chi connectivity index (χ4v) is 0.877. The van der Waals surface area contributed by atoms with Crippen molar-refractivity contribution < 1.29 is 27.4 Å². The molecule has 0 spiro atoms. The van der Waals surface area contributed by atoms with Crippen molar-refractivity contribution in [2.45, 2.75) is 11.7 Å². The number of ether oxygens (including phenoxy) is 2. The molecule has 0 heterocycles. The van der Waals surface area contributed by atoms with E-state index in [2.05, 4.69) is 14.8 Å². The summed E-state index contributed by atoms with van der Waals surface area (Å²) in [6, 6.07) is 0. The molecule has 0 aromatic rings. The molecule has 4 nitrogen and oxygen atoms in total. The zero-order valence-electron chi connectivity index (χ0n) is 7.94. The maximum Gasteiger partial charge on any atom is 0.522 e. The number of methoxy groups -OCH3 is 1. The van der Waals surface area contributed by atoms with Crippen LogP contribution in [0.3, 0.4) is 0 Å². The van der Waals surface area contributed by atoms with Crippen molar-refractivity contribution in [1.29, 1.82) is 0 Å². The first-order chi connectivity index (χ1) is 6.87. The summed E-state index contributed by atoms with van der Waals surface area (Å²) in [5.41, 5.74) is 0. The molecule has 0 amide bonds. The molecule has 0 fully saturated rings. The van der Waals surface area contributed by atoms with E-state index in [0.29, 0.717) is 0 Å². The molecule has 0 aromatic carbocycles. The number of hydrogen-bond acceptors (Lipinski definition) is 4. The van der Waals surface area contributed by atoms with E-state index in [4.69, 9.17) is 11.6 Å². The molecule has 0 saturated heterocycles. The predicted molar refractivity (Wildman–Crippen MR) is 46.5 cm³/mol. The van der Waals surface area contributed by atoms with Crippen LogP contribution in [0, 0.1) is 0 Å². The summed E-state index contributed by atoms with van der Waals surface area (Å²) in [7, 11) is 1.17. The highest BCUT2D eigenvalue weighted by Crippen LogP contribution is 2.15. The lowest BCUT2D eigenvalue weighted by Crippen LogP contribution is -2.33. The van der Waals surface area contributed by atoms with E-state index in [9.17, 15) is 18.0 Å². The molecule has 15 heavy (non-hydrogen) atoms. The van der Waals surface area contributed by atoms with Gasteiger partial charge >= 0.3 is 12.3 Å². The van der Waals surface area contributed by atoms with Crippen molar-refractivity contribution in [3.05, 3.63) is 0 Å². The van der Waals surface area contributed by atoms with Crippen LogP contribution in [0.15, 0.2) is 0 Å². The van der Waals surface area contributed by atoms with Crippen molar-refractivity contribution in [3.8, 4) is 0 Å². The SMILES string of the molecule is COC(=O)C(Cl)CNCCOC(F)(F)F. The van der Waals surface area contributed by atoms with Gasteiger partial charge in [0.15, 0.2) is 0 Å². The third-order valence-corrected chi connectivity index (χ3v) is 1.66. The van der Waals surface area contributed by atoms with Crippen molar-refractivity contribution >= 4 is 17.6 Å². The number of alkyl halides is 4. The molecule has 0 aromatic heterocycles. The molecule has 0 aliphatic rings. The van der Waals surface area contributed by atoms with Gasteiger partial charge in [0.05, 0.1) is 13.7 Å². The molecule has 0 radical (unpaired) electrons. The van der Waals surface area contributed by atoms with E-state index < -0.39 is 24.3 Å². The smallest absolute Gasteiger partial charge is 0.468 e. The molecule has 0 aliphatic heterocycles. The summed E-state index contributed by atoms with van der Waals surface area (Å²) in [5.74, 6) is -0.638. The molecular weight excluding hydrogens is 239 g/mol. The quantitative estimate of drug-likeness (QED) is 0.432. The summed E-state index contributed by atoms with van der Waals surface area (Å²) in [6.45, 7) is -0.566.